The van der Waals surface area contributed by atoms with Crippen LogP contribution in [0.4, 0.5) is 0 Å². The number of rotatable bonds is 7. The number of piperazine rings is 1. The highest BCUT2D eigenvalue weighted by atomic mass is 16.2. The molecule has 1 aliphatic carbocycles. The second kappa shape index (κ2) is 10.4. The summed E-state index contributed by atoms with van der Waals surface area (Å²) in [6, 6.07) is -0.302. The molecule has 2 aliphatic heterocycles. The molecule has 0 aromatic rings. The molecule has 2 saturated heterocycles. The molecule has 31 heavy (non-hydrogen) atoms. The summed E-state index contributed by atoms with van der Waals surface area (Å²) >= 11 is 0. The minimum absolute atomic E-state index is 0.0141. The maximum Gasteiger partial charge on any atom is 0.242 e. The zero-order valence-corrected chi connectivity index (χ0v) is 20.3. The highest BCUT2D eigenvalue weighted by molar-refractivity contribution is 5.89. The second-order valence-electron chi connectivity index (χ2n) is 10.9. The Morgan fingerprint density at radius 3 is 2.26 bits per heavy atom. The van der Waals surface area contributed by atoms with Gasteiger partial charge in [-0.25, -0.2) is 0 Å². The Morgan fingerprint density at radius 1 is 1.00 bits per heavy atom. The van der Waals surface area contributed by atoms with E-state index in [0.29, 0.717) is 19.0 Å². The van der Waals surface area contributed by atoms with Crippen LogP contribution in [-0.4, -0.2) is 78.4 Å². The fourth-order valence-electron chi connectivity index (χ4n) is 5.15. The Morgan fingerprint density at radius 2 is 1.65 bits per heavy atom. The summed E-state index contributed by atoms with van der Waals surface area (Å²) in [5, 5.41) is 3.11. The van der Waals surface area contributed by atoms with Gasteiger partial charge in [0.2, 0.25) is 11.8 Å². The first-order valence-corrected chi connectivity index (χ1v) is 12.4. The standard InChI is InChI=1S/C25H44N4O2/c1-19(25(3,4)5)24(31)29-13-8-11-22(29)23(30)26-12-14-27-15-17-28(18-16-27)20(2)21-9-6-7-10-21/h19,21-22H,2,6-18H2,1,3-5H3,(H,26,30)/t19?,22-/m0/s1. The van der Waals surface area contributed by atoms with E-state index in [4.69, 9.17) is 0 Å². The van der Waals surface area contributed by atoms with Gasteiger partial charge in [-0.15, -0.1) is 0 Å². The molecule has 1 saturated carbocycles. The molecule has 6 heteroatoms. The number of likely N-dealkylation sites (tertiary alicyclic amines) is 1. The summed E-state index contributed by atoms with van der Waals surface area (Å²) in [6.07, 6.45) is 7.00. The lowest BCUT2D eigenvalue weighted by atomic mass is 9.81. The Bertz CT molecular complexity index is 642. The van der Waals surface area contributed by atoms with Crippen LogP contribution in [0.1, 0.15) is 66.2 Å². The van der Waals surface area contributed by atoms with Gasteiger partial charge in [0, 0.05) is 57.4 Å². The van der Waals surface area contributed by atoms with Gasteiger partial charge in [-0.3, -0.25) is 14.5 Å². The van der Waals surface area contributed by atoms with Gasteiger partial charge in [-0.05, 0) is 37.0 Å². The zero-order valence-electron chi connectivity index (χ0n) is 20.3. The normalized spacial score (nSPS) is 24.5. The van der Waals surface area contributed by atoms with Crippen molar-refractivity contribution in [3.8, 4) is 0 Å². The number of nitrogens with one attached hydrogen (secondary N) is 1. The quantitative estimate of drug-likeness (QED) is 0.672. The van der Waals surface area contributed by atoms with Crippen molar-refractivity contribution in [2.75, 3.05) is 45.8 Å². The summed E-state index contributed by atoms with van der Waals surface area (Å²) < 4.78 is 0. The van der Waals surface area contributed by atoms with Crippen LogP contribution >= 0.6 is 0 Å². The van der Waals surface area contributed by atoms with Crippen molar-refractivity contribution in [1.82, 2.24) is 20.0 Å². The number of carbonyl (C=O) groups excluding carboxylic acids is 2. The van der Waals surface area contributed by atoms with E-state index >= 15 is 0 Å². The molecule has 0 radical (unpaired) electrons. The molecule has 3 fully saturated rings. The third-order valence-electron chi connectivity index (χ3n) is 7.84. The average Bonchev–Trinajstić information content (AvgIpc) is 3.44. The van der Waals surface area contributed by atoms with E-state index in [2.05, 4.69) is 42.5 Å². The molecule has 0 bridgehead atoms. The summed E-state index contributed by atoms with van der Waals surface area (Å²) in [6.45, 7) is 19.0. The van der Waals surface area contributed by atoms with Crippen molar-refractivity contribution in [2.24, 2.45) is 17.3 Å². The first-order valence-electron chi connectivity index (χ1n) is 12.4. The van der Waals surface area contributed by atoms with Gasteiger partial charge in [0.05, 0.1) is 0 Å². The lowest BCUT2D eigenvalue weighted by Crippen LogP contribution is -2.51. The van der Waals surface area contributed by atoms with Gasteiger partial charge in [0.25, 0.3) is 0 Å². The van der Waals surface area contributed by atoms with Gasteiger partial charge in [-0.2, -0.15) is 0 Å². The first-order chi connectivity index (χ1) is 14.7. The van der Waals surface area contributed by atoms with Crippen molar-refractivity contribution in [3.63, 3.8) is 0 Å². The highest BCUT2D eigenvalue weighted by Crippen LogP contribution is 2.32. The van der Waals surface area contributed by atoms with Crippen molar-refractivity contribution < 1.29 is 9.59 Å². The molecule has 3 rings (SSSR count). The molecule has 6 nitrogen and oxygen atoms in total. The predicted octanol–water partition coefficient (Wildman–Crippen LogP) is 3.10. The minimum atomic E-state index is -0.302. The van der Waals surface area contributed by atoms with Gasteiger partial charge < -0.3 is 15.1 Å². The molecule has 0 aromatic carbocycles. The highest BCUT2D eigenvalue weighted by Gasteiger charge is 2.38. The third kappa shape index (κ3) is 6.03. The van der Waals surface area contributed by atoms with Crippen LogP contribution in [0.15, 0.2) is 12.3 Å². The molecular weight excluding hydrogens is 388 g/mol. The molecule has 2 amide bonds. The van der Waals surface area contributed by atoms with Crippen LogP contribution < -0.4 is 5.32 Å². The SMILES string of the molecule is C=C(C1CCCC1)N1CCN(CCNC(=O)[C@@H]2CCCN2C(=O)C(C)C(C)(C)C)CC1. The number of carbonyl (C=O) groups is 2. The average molecular weight is 433 g/mol. The van der Waals surface area contributed by atoms with E-state index in [1.54, 1.807) is 0 Å². The number of allylic oxidation sites excluding steroid dienone is 1. The summed E-state index contributed by atoms with van der Waals surface area (Å²) in [5.41, 5.74) is 1.26. The van der Waals surface area contributed by atoms with E-state index < -0.39 is 0 Å². The topological polar surface area (TPSA) is 55.9 Å². The number of nitrogens with zero attached hydrogens (tertiary/aromatic N) is 3. The molecule has 1 unspecified atom stereocenters. The van der Waals surface area contributed by atoms with Gasteiger partial charge >= 0.3 is 0 Å². The zero-order chi connectivity index (χ0) is 22.6. The number of amides is 2. The van der Waals surface area contributed by atoms with Gasteiger partial charge in [0.1, 0.15) is 6.04 Å². The Hall–Kier alpha value is -1.56. The lowest BCUT2D eigenvalue weighted by Gasteiger charge is -2.38. The van der Waals surface area contributed by atoms with Crippen LogP contribution in [0.2, 0.25) is 0 Å². The molecule has 2 heterocycles. The van der Waals surface area contributed by atoms with Crippen LogP contribution in [0.3, 0.4) is 0 Å². The summed E-state index contributed by atoms with van der Waals surface area (Å²) in [4.78, 5) is 32.5. The Kier molecular flexibility index (Phi) is 8.06. The largest absolute Gasteiger partial charge is 0.373 e. The maximum absolute atomic E-state index is 12.9. The van der Waals surface area contributed by atoms with Crippen LogP contribution in [0.5, 0.6) is 0 Å². The molecule has 3 aliphatic rings. The van der Waals surface area contributed by atoms with Gasteiger partial charge in [0.15, 0.2) is 0 Å². The molecular formula is C25H44N4O2. The van der Waals surface area contributed by atoms with E-state index in [1.165, 1.54) is 31.4 Å². The van der Waals surface area contributed by atoms with E-state index in [9.17, 15) is 9.59 Å². The van der Waals surface area contributed by atoms with Crippen molar-refractivity contribution in [3.05, 3.63) is 12.3 Å². The minimum Gasteiger partial charge on any atom is -0.373 e. The summed E-state index contributed by atoms with van der Waals surface area (Å²) in [5.74, 6) is 0.740. The monoisotopic (exact) mass is 432 g/mol. The van der Waals surface area contributed by atoms with E-state index in [1.807, 2.05) is 11.8 Å². The van der Waals surface area contributed by atoms with Crippen LogP contribution in [0, 0.1) is 17.3 Å². The van der Waals surface area contributed by atoms with Crippen LogP contribution in [-0.2, 0) is 9.59 Å². The molecule has 0 spiro atoms. The fourth-order valence-corrected chi connectivity index (χ4v) is 5.15. The predicted molar refractivity (Wildman–Crippen MR) is 125 cm³/mol. The molecule has 176 valence electrons. The van der Waals surface area contributed by atoms with E-state index in [0.717, 1.165) is 45.6 Å². The van der Waals surface area contributed by atoms with Gasteiger partial charge in [-0.1, -0.05) is 47.1 Å². The van der Waals surface area contributed by atoms with Crippen molar-refractivity contribution >= 4 is 11.8 Å². The number of hydrogen-bond donors (Lipinski definition) is 1. The molecule has 0 aromatic heterocycles. The second-order valence-corrected chi connectivity index (χ2v) is 10.9. The third-order valence-corrected chi connectivity index (χ3v) is 7.84. The van der Waals surface area contributed by atoms with E-state index in [-0.39, 0.29) is 29.2 Å². The van der Waals surface area contributed by atoms with Crippen LogP contribution in [0.25, 0.3) is 0 Å². The lowest BCUT2D eigenvalue weighted by molar-refractivity contribution is -0.143. The van der Waals surface area contributed by atoms with Crippen molar-refractivity contribution in [2.45, 2.75) is 72.3 Å². The summed E-state index contributed by atoms with van der Waals surface area (Å²) in [7, 11) is 0. The molecule has 1 N–H and O–H groups in total. The van der Waals surface area contributed by atoms with Crippen molar-refractivity contribution in [1.29, 1.82) is 0 Å². The fraction of sp³-hybridized carbons (Fsp3) is 0.840. The smallest absolute Gasteiger partial charge is 0.242 e. The first kappa shape index (κ1) is 24.1. The Balaban J connectivity index is 1.39. The molecule has 2 atom stereocenters. The number of hydrogen-bond acceptors (Lipinski definition) is 4. The Labute approximate surface area is 189 Å². The maximum atomic E-state index is 12.9.